The summed E-state index contributed by atoms with van der Waals surface area (Å²) in [5.74, 6) is -4.43. The fraction of sp³-hybridized carbons (Fsp3) is 0.667. The van der Waals surface area contributed by atoms with Crippen LogP contribution in [0.25, 0.3) is 0 Å². The summed E-state index contributed by atoms with van der Waals surface area (Å²) in [6.07, 6.45) is 7.69. The topological polar surface area (TPSA) is 144 Å². The van der Waals surface area contributed by atoms with Crippen molar-refractivity contribution in [3.8, 4) is 5.75 Å². The molecule has 0 saturated heterocycles. The summed E-state index contributed by atoms with van der Waals surface area (Å²) in [6.45, 7) is 10.0. The van der Waals surface area contributed by atoms with Gasteiger partial charge in [0.2, 0.25) is 5.95 Å². The maximum absolute atomic E-state index is 15.1. The Balaban J connectivity index is 1.25. The van der Waals surface area contributed by atoms with Crippen LogP contribution in [0.5, 0.6) is 5.75 Å². The van der Waals surface area contributed by atoms with E-state index >= 15 is 8.78 Å². The first-order valence-electron chi connectivity index (χ1n) is 18.0. The Morgan fingerprint density at radius 2 is 1.62 bits per heavy atom. The molecule has 13 nitrogen and oxygen atoms in total. The maximum atomic E-state index is 15.1. The third-order valence-electron chi connectivity index (χ3n) is 9.15. The van der Waals surface area contributed by atoms with Gasteiger partial charge in [-0.1, -0.05) is 19.3 Å². The number of ether oxygens (including phenoxy) is 1. The van der Waals surface area contributed by atoms with Gasteiger partial charge in [-0.15, -0.1) is 0 Å². The highest BCUT2D eigenvalue weighted by Gasteiger charge is 2.49. The van der Waals surface area contributed by atoms with E-state index in [1.165, 1.54) is 20.4 Å². The number of hydrogen-bond donors (Lipinski definition) is 2. The normalized spacial score (nSPS) is 21.7. The number of methoxy groups -OCH3 is 1. The lowest BCUT2D eigenvalue weighted by molar-refractivity contribution is -0.140. The number of amides is 2. The third kappa shape index (κ3) is 9.97. The molecule has 2 N–H and O–H groups in total. The number of fused-ring (bicyclic) bond motifs is 1. The molecule has 52 heavy (non-hydrogen) atoms. The lowest BCUT2D eigenvalue weighted by atomic mass is 9.93. The van der Waals surface area contributed by atoms with Crippen LogP contribution in [0.1, 0.15) is 110 Å². The Hall–Kier alpha value is -3.39. The number of aromatic nitrogens is 2. The van der Waals surface area contributed by atoms with Gasteiger partial charge in [0, 0.05) is 24.7 Å². The molecule has 2 saturated carbocycles. The highest BCUT2D eigenvalue weighted by atomic mass is 31.2. The van der Waals surface area contributed by atoms with E-state index in [0.717, 1.165) is 37.0 Å². The van der Waals surface area contributed by atoms with E-state index in [4.69, 9.17) is 18.3 Å². The quantitative estimate of drug-likeness (QED) is 0.230. The molecule has 0 radical (unpaired) electrons. The maximum Gasteiger partial charge on any atom is 0.476 e. The van der Waals surface area contributed by atoms with Crippen molar-refractivity contribution in [3.05, 3.63) is 30.0 Å². The van der Waals surface area contributed by atoms with Gasteiger partial charge in [-0.3, -0.25) is 23.2 Å². The number of nitrogens with zero attached hydrogens (tertiary/aromatic N) is 4. The van der Waals surface area contributed by atoms with Crippen LogP contribution in [0, 0.1) is 0 Å². The summed E-state index contributed by atoms with van der Waals surface area (Å²) in [5, 5.41) is 6.19. The predicted octanol–water partition coefficient (Wildman–Crippen LogP) is 7.78. The van der Waals surface area contributed by atoms with E-state index in [2.05, 4.69) is 20.6 Å². The molecule has 0 unspecified atom stereocenters. The number of phosphoric acid groups is 1. The van der Waals surface area contributed by atoms with Gasteiger partial charge in [-0.05, 0) is 98.3 Å². The zero-order chi connectivity index (χ0) is 38.1. The molecule has 2 fully saturated rings. The summed E-state index contributed by atoms with van der Waals surface area (Å²) < 4.78 is 66.8. The summed E-state index contributed by atoms with van der Waals surface area (Å²) >= 11 is 0. The number of rotatable bonds is 10. The molecule has 2 aliphatic carbocycles. The third-order valence-corrected chi connectivity index (χ3v) is 11.3. The van der Waals surface area contributed by atoms with E-state index in [1.54, 1.807) is 64.6 Å². The minimum absolute atomic E-state index is 0.125. The molecule has 288 valence electrons. The molecule has 5 rings (SSSR count). The molecule has 1 aromatic heterocycles. The van der Waals surface area contributed by atoms with Gasteiger partial charge in [-0.25, -0.2) is 9.55 Å². The van der Waals surface area contributed by atoms with Crippen LogP contribution >= 0.6 is 7.82 Å². The Labute approximate surface area is 305 Å². The first-order chi connectivity index (χ1) is 24.3. The van der Waals surface area contributed by atoms with Crippen LogP contribution in [0.2, 0.25) is 0 Å². The van der Waals surface area contributed by atoms with Crippen molar-refractivity contribution >= 4 is 42.8 Å². The second-order valence-corrected chi connectivity index (χ2v) is 17.3. The molecule has 16 heteroatoms. The molecule has 1 aliphatic heterocycles. The minimum Gasteiger partial charge on any atom is -0.495 e. The monoisotopic (exact) mass is 750 g/mol. The molecule has 1 aromatic carbocycles. The molecular formula is C36H53F2N6O7P. The Kier molecular flexibility index (Phi) is 11.9. The molecule has 0 bridgehead atoms. The van der Waals surface area contributed by atoms with Crippen LogP contribution in [-0.4, -0.2) is 77.8 Å². The van der Waals surface area contributed by atoms with Gasteiger partial charge in [0.1, 0.15) is 11.4 Å². The van der Waals surface area contributed by atoms with E-state index in [0.29, 0.717) is 42.7 Å². The summed E-state index contributed by atoms with van der Waals surface area (Å²) in [5.41, 5.74) is -0.428. The van der Waals surface area contributed by atoms with Crippen molar-refractivity contribution < 1.29 is 41.2 Å². The molecule has 0 atom stereocenters. The average Bonchev–Trinajstić information content (AvgIpc) is 3.12. The van der Waals surface area contributed by atoms with Gasteiger partial charge in [-0.2, -0.15) is 13.8 Å². The van der Waals surface area contributed by atoms with Gasteiger partial charge in [0.15, 0.2) is 5.82 Å². The van der Waals surface area contributed by atoms with Gasteiger partial charge in [0.05, 0.1) is 42.8 Å². The molecule has 2 aromatic rings. The molecule has 2 amide bonds. The van der Waals surface area contributed by atoms with Gasteiger partial charge >= 0.3 is 13.7 Å². The molecule has 0 spiro atoms. The van der Waals surface area contributed by atoms with Gasteiger partial charge in [0.25, 0.3) is 11.8 Å². The van der Waals surface area contributed by atoms with Crippen molar-refractivity contribution in [3.63, 3.8) is 0 Å². The van der Waals surface area contributed by atoms with Crippen molar-refractivity contribution in [2.24, 2.45) is 0 Å². The van der Waals surface area contributed by atoms with Crippen LogP contribution in [-0.2, 0) is 22.9 Å². The summed E-state index contributed by atoms with van der Waals surface area (Å²) in [6, 6.07) is 4.60. The largest absolute Gasteiger partial charge is 0.495 e. The van der Waals surface area contributed by atoms with E-state index in [-0.39, 0.29) is 41.5 Å². The van der Waals surface area contributed by atoms with E-state index < -0.39 is 37.4 Å². The molecule has 3 aliphatic rings. The Morgan fingerprint density at radius 1 is 0.981 bits per heavy atom. The second kappa shape index (κ2) is 15.5. The summed E-state index contributed by atoms with van der Waals surface area (Å²) in [4.78, 5) is 37.5. The number of halogens is 2. The van der Waals surface area contributed by atoms with Crippen LogP contribution in [0.15, 0.2) is 24.4 Å². The Bertz CT molecular complexity index is 1630. The number of phosphoric ester groups is 1. The zero-order valence-electron chi connectivity index (χ0n) is 31.5. The lowest BCUT2D eigenvalue weighted by Gasteiger charge is -2.35. The number of alkyl halides is 2. The minimum atomic E-state index is -3.86. The fourth-order valence-electron chi connectivity index (χ4n) is 6.83. The number of carbonyl (C=O) groups is 2. The number of carbonyl (C=O) groups excluding carboxylic acids is 2. The van der Waals surface area contributed by atoms with Crippen LogP contribution < -0.4 is 25.2 Å². The lowest BCUT2D eigenvalue weighted by Crippen LogP contribution is -2.49. The first-order valence-corrected chi connectivity index (χ1v) is 19.5. The van der Waals surface area contributed by atoms with Crippen molar-refractivity contribution in [1.29, 1.82) is 0 Å². The first kappa shape index (κ1) is 39.8. The standard InChI is InChI=1S/C36H53F2N6O7P/c1-34(2,3)50-52(47,51-35(4,5)6)49-26-17-15-24(16-18-26)40-31(45)23-14-19-27(29(20-23)48-8)41-33-39-21-28-30(42-33)44(25-12-10-9-11-13-25)22-36(37,38)32(46)43(28)7/h14,19-21,24-26H,9-13,15-18,22H2,1-8H3,(H,40,45)(H,39,41,42)/t24-,26-. The number of hydrogen-bond acceptors (Lipinski definition) is 11. The van der Waals surface area contributed by atoms with Gasteiger partial charge < -0.3 is 25.2 Å². The average molecular weight is 751 g/mol. The predicted molar refractivity (Wildman–Crippen MR) is 195 cm³/mol. The summed E-state index contributed by atoms with van der Waals surface area (Å²) in [7, 11) is -1.07. The van der Waals surface area contributed by atoms with Crippen LogP contribution in [0.3, 0.4) is 0 Å². The number of nitrogens with one attached hydrogen (secondary N) is 2. The number of benzene rings is 1. The van der Waals surface area contributed by atoms with E-state index in [9.17, 15) is 14.2 Å². The van der Waals surface area contributed by atoms with Crippen molar-refractivity contribution in [2.45, 2.75) is 135 Å². The highest BCUT2D eigenvalue weighted by molar-refractivity contribution is 7.48. The highest BCUT2D eigenvalue weighted by Crippen LogP contribution is 2.57. The van der Waals surface area contributed by atoms with Crippen molar-refractivity contribution in [1.82, 2.24) is 15.3 Å². The van der Waals surface area contributed by atoms with E-state index in [1.807, 2.05) is 0 Å². The molecule has 2 heterocycles. The van der Waals surface area contributed by atoms with Crippen molar-refractivity contribution in [2.75, 3.05) is 35.8 Å². The smallest absolute Gasteiger partial charge is 0.476 e. The number of anilines is 4. The fourth-order valence-corrected chi connectivity index (χ4v) is 8.87. The second-order valence-electron chi connectivity index (χ2n) is 15.8. The SMILES string of the molecule is COc1cc(C(=O)N[C@H]2CC[C@H](OP(=O)(OC(C)(C)C)OC(C)(C)C)CC2)ccc1Nc1ncc2c(n1)N(C1CCCCC1)CC(F)(F)C(=O)N2C. The Morgan fingerprint density at radius 3 is 2.21 bits per heavy atom. The zero-order valence-corrected chi connectivity index (χ0v) is 32.4. The molecular weight excluding hydrogens is 697 g/mol. The van der Waals surface area contributed by atoms with Crippen LogP contribution in [0.4, 0.5) is 31.9 Å².